The molecule has 0 fully saturated rings. The molecule has 0 aliphatic heterocycles. The van der Waals surface area contributed by atoms with Crippen LogP contribution in [0, 0.1) is 0 Å². The summed E-state index contributed by atoms with van der Waals surface area (Å²) in [4.78, 5) is 0. The van der Waals surface area contributed by atoms with Crippen LogP contribution in [-0.2, 0) is 9.47 Å². The standard InChI is InChI=1S/C14H22ClNO2/c1-12(13-5-3-6-14(15)11-13)16-7-4-8-18-10-9-17-2/h3,5-6,11-12,16H,4,7-10H2,1-2H3/t12-/m0/s1. The summed E-state index contributed by atoms with van der Waals surface area (Å²) in [5, 5.41) is 4.23. The monoisotopic (exact) mass is 271 g/mol. The minimum absolute atomic E-state index is 0.308. The largest absolute Gasteiger partial charge is 0.382 e. The molecule has 102 valence electrons. The summed E-state index contributed by atoms with van der Waals surface area (Å²) < 4.78 is 10.3. The SMILES string of the molecule is COCCOCCCN[C@@H](C)c1cccc(Cl)c1. The summed E-state index contributed by atoms with van der Waals surface area (Å²) >= 11 is 5.96. The molecule has 1 aromatic rings. The van der Waals surface area contributed by atoms with Gasteiger partial charge in [0.1, 0.15) is 0 Å². The van der Waals surface area contributed by atoms with Crippen LogP contribution >= 0.6 is 11.6 Å². The first-order valence-electron chi connectivity index (χ1n) is 6.29. The van der Waals surface area contributed by atoms with E-state index in [0.29, 0.717) is 19.3 Å². The third-order valence-corrected chi connectivity index (χ3v) is 2.93. The van der Waals surface area contributed by atoms with Crippen LogP contribution < -0.4 is 5.32 Å². The van der Waals surface area contributed by atoms with Crippen LogP contribution in [0.1, 0.15) is 24.9 Å². The number of hydrogen-bond donors (Lipinski definition) is 1. The zero-order chi connectivity index (χ0) is 13.2. The molecule has 0 aliphatic carbocycles. The van der Waals surface area contributed by atoms with Crippen molar-refractivity contribution in [2.45, 2.75) is 19.4 Å². The molecule has 0 saturated carbocycles. The number of ether oxygens (including phenoxy) is 2. The van der Waals surface area contributed by atoms with Gasteiger partial charge in [0.05, 0.1) is 13.2 Å². The molecule has 1 rings (SSSR count). The minimum Gasteiger partial charge on any atom is -0.382 e. The summed E-state index contributed by atoms with van der Waals surface area (Å²) in [6.45, 7) is 5.16. The Balaban J connectivity index is 2.12. The highest BCUT2D eigenvalue weighted by molar-refractivity contribution is 6.30. The maximum Gasteiger partial charge on any atom is 0.0700 e. The predicted molar refractivity (Wildman–Crippen MR) is 75.2 cm³/mol. The molecule has 0 bridgehead atoms. The summed E-state index contributed by atoms with van der Waals surface area (Å²) in [6.07, 6.45) is 0.995. The molecule has 0 aliphatic rings. The third-order valence-electron chi connectivity index (χ3n) is 2.70. The first-order valence-corrected chi connectivity index (χ1v) is 6.67. The van der Waals surface area contributed by atoms with E-state index in [9.17, 15) is 0 Å². The average Bonchev–Trinajstić information content (AvgIpc) is 2.37. The predicted octanol–water partition coefficient (Wildman–Crippen LogP) is 3.04. The first-order chi connectivity index (χ1) is 8.74. The summed E-state index contributed by atoms with van der Waals surface area (Å²) in [5.41, 5.74) is 1.21. The van der Waals surface area contributed by atoms with Gasteiger partial charge in [0.2, 0.25) is 0 Å². The fraction of sp³-hybridized carbons (Fsp3) is 0.571. The Hall–Kier alpha value is -0.610. The van der Waals surface area contributed by atoms with Crippen molar-refractivity contribution in [2.24, 2.45) is 0 Å². The van der Waals surface area contributed by atoms with Crippen molar-refractivity contribution in [3.8, 4) is 0 Å². The van der Waals surface area contributed by atoms with Gasteiger partial charge < -0.3 is 14.8 Å². The fourth-order valence-corrected chi connectivity index (χ4v) is 1.83. The Kier molecular flexibility index (Phi) is 8.01. The molecule has 0 aromatic heterocycles. The van der Waals surface area contributed by atoms with Gasteiger partial charge in [0.25, 0.3) is 0 Å². The van der Waals surface area contributed by atoms with Crippen molar-refractivity contribution in [2.75, 3.05) is 33.5 Å². The first kappa shape index (κ1) is 15.4. The third kappa shape index (κ3) is 6.36. The molecule has 4 heteroatoms. The molecule has 0 amide bonds. The van der Waals surface area contributed by atoms with Gasteiger partial charge in [-0.3, -0.25) is 0 Å². The Morgan fingerprint density at radius 2 is 2.11 bits per heavy atom. The molecule has 0 unspecified atom stereocenters. The van der Waals surface area contributed by atoms with E-state index in [2.05, 4.69) is 18.3 Å². The topological polar surface area (TPSA) is 30.5 Å². The van der Waals surface area contributed by atoms with Gasteiger partial charge >= 0.3 is 0 Å². The summed E-state index contributed by atoms with van der Waals surface area (Å²) in [7, 11) is 1.68. The van der Waals surface area contributed by atoms with Crippen LogP contribution in [0.3, 0.4) is 0 Å². The van der Waals surface area contributed by atoms with Crippen molar-refractivity contribution in [3.63, 3.8) is 0 Å². The highest BCUT2D eigenvalue weighted by Gasteiger charge is 2.04. The fourth-order valence-electron chi connectivity index (χ4n) is 1.63. The van der Waals surface area contributed by atoms with Gasteiger partial charge in [0.15, 0.2) is 0 Å². The molecule has 1 aromatic carbocycles. The molecule has 0 spiro atoms. The second-order valence-corrected chi connectivity index (χ2v) is 4.63. The maximum atomic E-state index is 5.96. The highest BCUT2D eigenvalue weighted by Crippen LogP contribution is 2.16. The van der Waals surface area contributed by atoms with Crippen LogP contribution in [0.25, 0.3) is 0 Å². The van der Waals surface area contributed by atoms with E-state index < -0.39 is 0 Å². The molecule has 0 saturated heterocycles. The number of halogens is 1. The van der Waals surface area contributed by atoms with Crippen LogP contribution in [0.4, 0.5) is 0 Å². The Morgan fingerprint density at radius 3 is 2.83 bits per heavy atom. The van der Waals surface area contributed by atoms with Crippen molar-refractivity contribution in [3.05, 3.63) is 34.9 Å². The lowest BCUT2D eigenvalue weighted by Gasteiger charge is -2.14. The highest BCUT2D eigenvalue weighted by atomic mass is 35.5. The normalized spacial score (nSPS) is 12.6. The Bertz CT molecular complexity index is 333. The number of nitrogens with one attached hydrogen (secondary N) is 1. The van der Waals surface area contributed by atoms with Crippen LogP contribution in [0.5, 0.6) is 0 Å². The van der Waals surface area contributed by atoms with E-state index in [-0.39, 0.29) is 0 Å². The molecular formula is C14H22ClNO2. The lowest BCUT2D eigenvalue weighted by Crippen LogP contribution is -2.21. The van der Waals surface area contributed by atoms with Crippen molar-refractivity contribution in [1.29, 1.82) is 0 Å². The molecule has 3 nitrogen and oxygen atoms in total. The molecule has 1 atom stereocenters. The van der Waals surface area contributed by atoms with Gasteiger partial charge in [-0.1, -0.05) is 23.7 Å². The smallest absolute Gasteiger partial charge is 0.0700 e. The second-order valence-electron chi connectivity index (χ2n) is 4.19. The van der Waals surface area contributed by atoms with Gasteiger partial charge in [-0.15, -0.1) is 0 Å². The van der Waals surface area contributed by atoms with Crippen molar-refractivity contribution in [1.82, 2.24) is 5.32 Å². The van der Waals surface area contributed by atoms with Crippen molar-refractivity contribution >= 4 is 11.6 Å². The van der Waals surface area contributed by atoms with Gasteiger partial charge in [0, 0.05) is 24.8 Å². The zero-order valence-corrected chi connectivity index (χ0v) is 11.9. The lowest BCUT2D eigenvalue weighted by atomic mass is 10.1. The number of rotatable bonds is 9. The van der Waals surface area contributed by atoms with Crippen LogP contribution in [0.15, 0.2) is 24.3 Å². The van der Waals surface area contributed by atoms with E-state index in [1.54, 1.807) is 7.11 Å². The average molecular weight is 272 g/mol. The zero-order valence-electron chi connectivity index (χ0n) is 11.1. The molecule has 0 radical (unpaired) electrons. The van der Waals surface area contributed by atoms with Crippen LogP contribution in [0.2, 0.25) is 5.02 Å². The quantitative estimate of drug-likeness (QED) is 0.701. The summed E-state index contributed by atoms with van der Waals surface area (Å²) in [5.74, 6) is 0. The van der Waals surface area contributed by atoms with E-state index in [1.807, 2.05) is 18.2 Å². The van der Waals surface area contributed by atoms with E-state index in [0.717, 1.165) is 24.6 Å². The molecule has 1 N–H and O–H groups in total. The van der Waals surface area contributed by atoms with Crippen molar-refractivity contribution < 1.29 is 9.47 Å². The second kappa shape index (κ2) is 9.34. The summed E-state index contributed by atoms with van der Waals surface area (Å²) in [6, 6.07) is 8.25. The van der Waals surface area contributed by atoms with Gasteiger partial charge in [-0.05, 0) is 37.6 Å². The van der Waals surface area contributed by atoms with E-state index >= 15 is 0 Å². The molecule has 18 heavy (non-hydrogen) atoms. The maximum absolute atomic E-state index is 5.96. The number of benzene rings is 1. The van der Waals surface area contributed by atoms with Gasteiger partial charge in [-0.2, -0.15) is 0 Å². The Labute approximate surface area is 114 Å². The number of methoxy groups -OCH3 is 1. The molecule has 0 heterocycles. The Morgan fingerprint density at radius 1 is 1.28 bits per heavy atom. The lowest BCUT2D eigenvalue weighted by molar-refractivity contribution is 0.0693. The molecular weight excluding hydrogens is 250 g/mol. The minimum atomic E-state index is 0.308. The van der Waals surface area contributed by atoms with E-state index in [1.165, 1.54) is 5.56 Å². The van der Waals surface area contributed by atoms with Crippen LogP contribution in [-0.4, -0.2) is 33.5 Å². The number of hydrogen-bond acceptors (Lipinski definition) is 3. The van der Waals surface area contributed by atoms with E-state index in [4.69, 9.17) is 21.1 Å². The van der Waals surface area contributed by atoms with Gasteiger partial charge in [-0.25, -0.2) is 0 Å².